The van der Waals surface area contributed by atoms with E-state index in [1.165, 1.54) is 102 Å². The standard InChI is InChI=1S/C20H24.2C10H10O4.Zr/c1-3-7-19-15(5-1)9-11-17(19)13-14-18-12-10-16-6-2-4-8-20(16)18;2*1-6(11)7-4-2-3-5-8(7)9(12)10(13)14;/h9-12H,1-8,13-14H2;2*2-5,9,12H,1H3,(H,13,14);/q-2;;;+4/p-2/t;2*9-;/m.11./s1. The van der Waals surface area contributed by atoms with Crippen molar-refractivity contribution in [2.75, 3.05) is 0 Å². The number of Topliss-reactive ketones (excluding diaryl/α,β-unsaturated/α-hetero) is 2. The Hall–Kier alpha value is -3.78. The van der Waals surface area contributed by atoms with Gasteiger partial charge < -0.3 is 30.0 Å². The van der Waals surface area contributed by atoms with Gasteiger partial charge in [0.25, 0.3) is 0 Å². The fourth-order valence-electron chi connectivity index (χ4n) is 6.67. The van der Waals surface area contributed by atoms with Crippen molar-refractivity contribution in [3.8, 4) is 0 Å². The van der Waals surface area contributed by atoms with Gasteiger partial charge in [-0.3, -0.25) is 9.59 Å². The molecule has 0 aromatic heterocycles. The molecule has 0 saturated carbocycles. The summed E-state index contributed by atoms with van der Waals surface area (Å²) in [4.78, 5) is 42.9. The minimum atomic E-state index is -1.75. The fourth-order valence-corrected chi connectivity index (χ4v) is 6.67. The van der Waals surface area contributed by atoms with Crippen molar-refractivity contribution in [1.82, 2.24) is 0 Å². The van der Waals surface area contributed by atoms with E-state index in [1.54, 1.807) is 57.6 Å². The number of carbonyl (C=O) groups excluding carboxylic acids is 4. The second-order valence-corrected chi connectivity index (χ2v) is 12.4. The Morgan fingerprint density at radius 3 is 1.31 bits per heavy atom. The van der Waals surface area contributed by atoms with E-state index in [0.29, 0.717) is 0 Å². The van der Waals surface area contributed by atoms with Crippen molar-refractivity contribution in [3.63, 3.8) is 0 Å². The summed E-state index contributed by atoms with van der Waals surface area (Å²) in [6.45, 7) is 2.61. The third kappa shape index (κ3) is 10.4. The van der Waals surface area contributed by atoms with Crippen LogP contribution in [0.1, 0.15) is 117 Å². The molecule has 8 nitrogen and oxygen atoms in total. The topological polar surface area (TPSA) is 155 Å². The van der Waals surface area contributed by atoms with E-state index in [9.17, 15) is 39.6 Å². The zero-order valence-electron chi connectivity index (χ0n) is 28.0. The molecule has 0 saturated heterocycles. The van der Waals surface area contributed by atoms with E-state index in [4.69, 9.17) is 0 Å². The molecule has 0 bridgehead atoms. The summed E-state index contributed by atoms with van der Waals surface area (Å²) < 4.78 is 0. The quantitative estimate of drug-likeness (QED) is 0.193. The van der Waals surface area contributed by atoms with Crippen molar-refractivity contribution in [3.05, 3.63) is 128 Å². The smallest absolute Gasteiger partial charge is 0.547 e. The molecule has 9 heteroatoms. The molecular formula is C40H42O8Zr. The first-order chi connectivity index (χ1) is 23.0. The minimum absolute atomic E-state index is 0. The van der Waals surface area contributed by atoms with Crippen LogP contribution in [0, 0.1) is 0 Å². The van der Waals surface area contributed by atoms with Gasteiger partial charge in [-0.2, -0.15) is 45.5 Å². The monoisotopic (exact) mass is 740 g/mol. The summed E-state index contributed by atoms with van der Waals surface area (Å²) in [5.41, 5.74) is 10.5. The molecule has 2 aliphatic carbocycles. The average molecular weight is 742 g/mol. The second-order valence-electron chi connectivity index (χ2n) is 12.4. The largest absolute Gasteiger partial charge is 4.00 e. The van der Waals surface area contributed by atoms with Gasteiger partial charge in [0.15, 0.2) is 11.6 Å². The van der Waals surface area contributed by atoms with Gasteiger partial charge in [0.2, 0.25) is 0 Å². The van der Waals surface area contributed by atoms with E-state index in [1.807, 2.05) is 0 Å². The second kappa shape index (κ2) is 18.8. The van der Waals surface area contributed by atoms with Crippen LogP contribution in [0.2, 0.25) is 0 Å². The van der Waals surface area contributed by atoms with Gasteiger partial charge in [-0.1, -0.05) is 113 Å². The van der Waals surface area contributed by atoms with Crippen molar-refractivity contribution in [2.24, 2.45) is 0 Å². The zero-order valence-corrected chi connectivity index (χ0v) is 30.5. The normalized spacial score (nSPS) is 14.2. The van der Waals surface area contributed by atoms with E-state index in [2.05, 4.69) is 24.3 Å². The van der Waals surface area contributed by atoms with Gasteiger partial charge in [0.1, 0.15) is 12.2 Å². The van der Waals surface area contributed by atoms with Crippen molar-refractivity contribution < 1.29 is 65.8 Å². The van der Waals surface area contributed by atoms with Gasteiger partial charge in [0, 0.05) is 11.1 Å². The van der Waals surface area contributed by atoms with Crippen LogP contribution in [0.4, 0.5) is 0 Å². The summed E-state index contributed by atoms with van der Waals surface area (Å²) in [7, 11) is 0. The third-order valence-electron chi connectivity index (χ3n) is 9.15. The molecule has 4 aromatic rings. The van der Waals surface area contributed by atoms with Crippen LogP contribution in [-0.4, -0.2) is 33.7 Å². The Labute approximate surface area is 306 Å². The van der Waals surface area contributed by atoms with Gasteiger partial charge in [-0.25, -0.2) is 12.1 Å². The van der Waals surface area contributed by atoms with E-state index >= 15 is 0 Å². The molecule has 49 heavy (non-hydrogen) atoms. The first-order valence-electron chi connectivity index (χ1n) is 16.5. The van der Waals surface area contributed by atoms with Crippen LogP contribution < -0.4 is 10.2 Å². The molecule has 2 aliphatic rings. The molecule has 2 atom stereocenters. The predicted octanol–water partition coefficient (Wildman–Crippen LogP) is 4.01. The maximum atomic E-state index is 11.1. The summed E-state index contributed by atoms with van der Waals surface area (Å²) in [6, 6.07) is 21.6. The van der Waals surface area contributed by atoms with Crippen molar-refractivity contribution in [2.45, 2.75) is 90.3 Å². The summed E-state index contributed by atoms with van der Waals surface area (Å²) in [5.74, 6) is -3.81. The molecule has 0 heterocycles. The Morgan fingerprint density at radius 1 is 0.612 bits per heavy atom. The maximum Gasteiger partial charge on any atom is 4.00 e. The van der Waals surface area contributed by atoms with E-state index in [0.717, 1.165) is 0 Å². The number of aliphatic hydroxyl groups is 2. The maximum absolute atomic E-state index is 11.1. The summed E-state index contributed by atoms with van der Waals surface area (Å²) >= 11 is 0. The number of aryl methyl sites for hydroxylation is 4. The molecular weight excluding hydrogens is 700 g/mol. The van der Waals surface area contributed by atoms with Crippen LogP contribution in [0.5, 0.6) is 0 Å². The van der Waals surface area contributed by atoms with Crippen LogP contribution in [0.15, 0.2) is 72.8 Å². The molecule has 0 aliphatic heterocycles. The first-order valence-corrected chi connectivity index (χ1v) is 16.5. The number of ketones is 2. The number of fused-ring (bicyclic) bond motifs is 2. The molecule has 0 spiro atoms. The van der Waals surface area contributed by atoms with Crippen LogP contribution >= 0.6 is 0 Å². The predicted molar refractivity (Wildman–Crippen MR) is 178 cm³/mol. The van der Waals surface area contributed by atoms with Crippen LogP contribution in [-0.2, 0) is 74.3 Å². The molecule has 0 radical (unpaired) electrons. The van der Waals surface area contributed by atoms with E-state index < -0.39 is 24.1 Å². The number of carboxylic acids is 2. The van der Waals surface area contributed by atoms with Gasteiger partial charge in [-0.15, -0.1) is 0 Å². The molecule has 6 rings (SSSR count). The van der Waals surface area contributed by atoms with E-state index in [-0.39, 0.29) is 60.0 Å². The number of hydrogen-bond acceptors (Lipinski definition) is 8. The molecule has 0 unspecified atom stereocenters. The third-order valence-corrected chi connectivity index (χ3v) is 9.15. The van der Waals surface area contributed by atoms with Crippen molar-refractivity contribution in [1.29, 1.82) is 0 Å². The molecule has 254 valence electrons. The van der Waals surface area contributed by atoms with Gasteiger partial charge in [-0.05, 0) is 25.0 Å². The number of hydrogen-bond donors (Lipinski definition) is 2. The number of rotatable bonds is 9. The molecule has 2 N–H and O–H groups in total. The molecule has 0 fully saturated rings. The van der Waals surface area contributed by atoms with Gasteiger partial charge >= 0.3 is 26.2 Å². The molecule has 0 amide bonds. The number of carbonyl (C=O) groups is 4. The Morgan fingerprint density at radius 2 is 0.959 bits per heavy atom. The molecule has 4 aromatic carbocycles. The fraction of sp³-hybridized carbons (Fsp3) is 0.350. The Bertz CT molecular complexity index is 1620. The van der Waals surface area contributed by atoms with Crippen molar-refractivity contribution >= 4 is 23.5 Å². The SMILES string of the molecule is CC(=O)c1ccccc1[C@@H](O)C(=O)[O-].CC(=O)c1ccccc1[C@@H](O)C(=O)[O-].[Zr+4].c1c[c-](CC[c-]2ccc3c2CCCC3)c2c1CCCC2. The minimum Gasteiger partial charge on any atom is -0.547 e. The average Bonchev–Trinajstić information content (AvgIpc) is 3.71. The number of aliphatic carboxylic acids is 2. The Kier molecular flexibility index (Phi) is 15.2. The number of benzene rings is 2. The Balaban J connectivity index is 0.000000203. The number of carboxylic acid groups (broad SMARTS) is 2. The number of aliphatic hydroxyl groups excluding tert-OH is 2. The van der Waals surface area contributed by atoms with Gasteiger partial charge in [0.05, 0.1) is 11.9 Å². The summed E-state index contributed by atoms with van der Waals surface area (Å²) in [6.07, 6.45) is 9.89. The van der Waals surface area contributed by atoms with Crippen LogP contribution in [0.25, 0.3) is 0 Å². The zero-order chi connectivity index (χ0) is 34.8. The first kappa shape index (κ1) is 39.7. The van der Waals surface area contributed by atoms with Crippen LogP contribution in [0.3, 0.4) is 0 Å². The summed E-state index contributed by atoms with van der Waals surface area (Å²) in [5, 5.41) is 39.2.